The maximum Gasteiger partial charge on any atom is 0.416 e. The number of nitrogens with one attached hydrogen (secondary N) is 1. The minimum Gasteiger partial charge on any atom is -0.357 e. The Morgan fingerprint density at radius 1 is 1.06 bits per heavy atom. The van der Waals surface area contributed by atoms with Crippen molar-refractivity contribution in [2.45, 2.75) is 50.7 Å². The zero-order valence-electron chi connectivity index (χ0n) is 18.7. The van der Waals surface area contributed by atoms with Gasteiger partial charge in [-0.2, -0.15) is 18.3 Å². The highest BCUT2D eigenvalue weighted by Crippen LogP contribution is 2.43. The third kappa shape index (κ3) is 4.78. The Bertz CT molecular complexity index is 1160. The zero-order valence-corrected chi connectivity index (χ0v) is 18.7. The standard InChI is InChI=1S/C25H26F3N5O/c26-25(27,28)19-5-4-6-20(13-19)33-23(18-8-9-18)21(16-31-33)24(34)30-15-17-7-10-22(29-14-17)32-11-2-1-3-12-32/h4-7,10,13-14,16,18H,1-3,8-9,11-12,15H2,(H,30,34). The summed E-state index contributed by atoms with van der Waals surface area (Å²) in [4.78, 5) is 19.8. The van der Waals surface area contributed by atoms with E-state index in [2.05, 4.69) is 20.3 Å². The molecule has 1 amide bonds. The lowest BCUT2D eigenvalue weighted by Gasteiger charge is -2.27. The molecule has 178 valence electrons. The number of amides is 1. The molecule has 5 rings (SSSR count). The molecule has 1 aromatic carbocycles. The Morgan fingerprint density at radius 2 is 1.85 bits per heavy atom. The molecule has 2 aromatic heterocycles. The fourth-order valence-electron chi connectivity index (χ4n) is 4.41. The van der Waals surface area contributed by atoms with Crippen LogP contribution in [0.25, 0.3) is 5.69 Å². The number of hydrogen-bond donors (Lipinski definition) is 1. The van der Waals surface area contributed by atoms with Crippen LogP contribution in [0.2, 0.25) is 0 Å². The molecule has 0 spiro atoms. The highest BCUT2D eigenvalue weighted by molar-refractivity contribution is 5.95. The summed E-state index contributed by atoms with van der Waals surface area (Å²) in [6.07, 6.45) is 4.15. The molecule has 1 saturated carbocycles. The van der Waals surface area contributed by atoms with E-state index in [4.69, 9.17) is 0 Å². The quantitative estimate of drug-likeness (QED) is 0.547. The third-order valence-corrected chi connectivity index (χ3v) is 6.38. The molecule has 0 bridgehead atoms. The zero-order chi connectivity index (χ0) is 23.7. The lowest BCUT2D eigenvalue weighted by atomic mass is 10.1. The Labute approximate surface area is 195 Å². The normalized spacial score (nSPS) is 16.5. The third-order valence-electron chi connectivity index (χ3n) is 6.38. The highest BCUT2D eigenvalue weighted by atomic mass is 19.4. The number of carbonyl (C=O) groups excluding carboxylic acids is 1. The summed E-state index contributed by atoms with van der Waals surface area (Å²) in [7, 11) is 0. The molecule has 1 N–H and O–H groups in total. The fraction of sp³-hybridized carbons (Fsp3) is 0.400. The average Bonchev–Trinajstić information content (AvgIpc) is 3.60. The van der Waals surface area contributed by atoms with Crippen molar-refractivity contribution < 1.29 is 18.0 Å². The van der Waals surface area contributed by atoms with Crippen molar-refractivity contribution in [3.63, 3.8) is 0 Å². The number of carbonyl (C=O) groups is 1. The van der Waals surface area contributed by atoms with Crippen LogP contribution in [0.15, 0.2) is 48.8 Å². The predicted molar refractivity (Wildman–Crippen MR) is 122 cm³/mol. The summed E-state index contributed by atoms with van der Waals surface area (Å²) >= 11 is 0. The first-order valence-electron chi connectivity index (χ1n) is 11.6. The number of hydrogen-bond acceptors (Lipinski definition) is 4. The summed E-state index contributed by atoms with van der Waals surface area (Å²) in [5.41, 5.74) is 1.50. The summed E-state index contributed by atoms with van der Waals surface area (Å²) in [6.45, 7) is 2.34. The monoisotopic (exact) mass is 469 g/mol. The van der Waals surface area contributed by atoms with E-state index in [1.807, 2.05) is 12.1 Å². The molecule has 1 aliphatic heterocycles. The number of piperidine rings is 1. The number of anilines is 1. The van der Waals surface area contributed by atoms with Crippen molar-refractivity contribution in [1.29, 1.82) is 0 Å². The van der Waals surface area contributed by atoms with Gasteiger partial charge in [-0.05, 0) is 61.9 Å². The molecule has 2 fully saturated rings. The van der Waals surface area contributed by atoms with Crippen LogP contribution < -0.4 is 10.2 Å². The van der Waals surface area contributed by atoms with Gasteiger partial charge in [0.25, 0.3) is 5.91 Å². The molecule has 2 aliphatic rings. The Morgan fingerprint density at radius 3 is 2.53 bits per heavy atom. The van der Waals surface area contributed by atoms with Gasteiger partial charge in [-0.1, -0.05) is 12.1 Å². The minimum atomic E-state index is -4.44. The highest BCUT2D eigenvalue weighted by Gasteiger charge is 2.34. The molecule has 0 unspecified atom stereocenters. The summed E-state index contributed by atoms with van der Waals surface area (Å²) in [5.74, 6) is 0.775. The molecule has 1 aliphatic carbocycles. The number of rotatable bonds is 6. The molecular formula is C25H26F3N5O. The van der Waals surface area contributed by atoms with Crippen LogP contribution in [0, 0.1) is 0 Å². The first kappa shape index (κ1) is 22.4. The maximum absolute atomic E-state index is 13.2. The number of halogens is 3. The van der Waals surface area contributed by atoms with Crippen molar-refractivity contribution in [1.82, 2.24) is 20.1 Å². The summed E-state index contributed by atoms with van der Waals surface area (Å²) in [6, 6.07) is 8.97. The van der Waals surface area contributed by atoms with Gasteiger partial charge < -0.3 is 10.2 Å². The van der Waals surface area contributed by atoms with Crippen LogP contribution in [0.1, 0.15) is 65.2 Å². The number of benzene rings is 1. The van der Waals surface area contributed by atoms with Crippen LogP contribution in [-0.2, 0) is 12.7 Å². The van der Waals surface area contributed by atoms with Gasteiger partial charge in [0.2, 0.25) is 0 Å². The first-order chi connectivity index (χ1) is 16.4. The van der Waals surface area contributed by atoms with E-state index in [-0.39, 0.29) is 11.8 Å². The lowest BCUT2D eigenvalue weighted by molar-refractivity contribution is -0.137. The molecular weight excluding hydrogens is 443 g/mol. The fourth-order valence-corrected chi connectivity index (χ4v) is 4.41. The van der Waals surface area contributed by atoms with Gasteiger partial charge in [0.1, 0.15) is 5.82 Å². The molecule has 0 radical (unpaired) electrons. The SMILES string of the molecule is O=C(NCc1ccc(N2CCCCC2)nc1)c1cnn(-c2cccc(C(F)(F)F)c2)c1C1CC1. The maximum atomic E-state index is 13.2. The molecule has 0 atom stereocenters. The second-order valence-electron chi connectivity index (χ2n) is 8.93. The Hall–Kier alpha value is -3.36. The number of aromatic nitrogens is 3. The van der Waals surface area contributed by atoms with Crippen molar-refractivity contribution >= 4 is 11.7 Å². The van der Waals surface area contributed by atoms with Crippen LogP contribution in [0.5, 0.6) is 0 Å². The number of nitrogens with zero attached hydrogens (tertiary/aromatic N) is 4. The topological polar surface area (TPSA) is 63.1 Å². The smallest absolute Gasteiger partial charge is 0.357 e. The van der Waals surface area contributed by atoms with Gasteiger partial charge in [0.05, 0.1) is 28.7 Å². The van der Waals surface area contributed by atoms with E-state index < -0.39 is 11.7 Å². The van der Waals surface area contributed by atoms with Gasteiger partial charge >= 0.3 is 6.18 Å². The van der Waals surface area contributed by atoms with Gasteiger partial charge in [-0.3, -0.25) is 4.79 Å². The first-order valence-corrected chi connectivity index (χ1v) is 11.6. The van der Waals surface area contributed by atoms with E-state index in [0.717, 1.165) is 49.4 Å². The van der Waals surface area contributed by atoms with E-state index in [1.54, 1.807) is 12.3 Å². The van der Waals surface area contributed by atoms with E-state index in [1.165, 1.54) is 36.2 Å². The van der Waals surface area contributed by atoms with Crippen molar-refractivity contribution in [3.8, 4) is 5.69 Å². The molecule has 9 heteroatoms. The average molecular weight is 470 g/mol. The molecule has 1 saturated heterocycles. The van der Waals surface area contributed by atoms with Gasteiger partial charge in [0, 0.05) is 31.7 Å². The Balaban J connectivity index is 1.31. The molecule has 3 heterocycles. The summed E-state index contributed by atoms with van der Waals surface area (Å²) in [5, 5.41) is 7.19. The van der Waals surface area contributed by atoms with Crippen LogP contribution in [0.4, 0.5) is 19.0 Å². The molecule has 3 aromatic rings. The lowest BCUT2D eigenvalue weighted by Crippen LogP contribution is -2.30. The number of pyridine rings is 1. The predicted octanol–water partition coefficient (Wildman–Crippen LogP) is 5.08. The van der Waals surface area contributed by atoms with Crippen molar-refractivity contribution in [3.05, 3.63) is 71.2 Å². The largest absolute Gasteiger partial charge is 0.416 e. The second-order valence-corrected chi connectivity index (χ2v) is 8.93. The van der Waals surface area contributed by atoms with Gasteiger partial charge in [-0.15, -0.1) is 0 Å². The van der Waals surface area contributed by atoms with Crippen molar-refractivity contribution in [2.75, 3.05) is 18.0 Å². The minimum absolute atomic E-state index is 0.114. The van der Waals surface area contributed by atoms with Crippen LogP contribution in [-0.4, -0.2) is 33.8 Å². The van der Waals surface area contributed by atoms with Crippen LogP contribution >= 0.6 is 0 Å². The number of alkyl halides is 3. The summed E-state index contributed by atoms with van der Waals surface area (Å²) < 4.78 is 41.0. The van der Waals surface area contributed by atoms with Gasteiger partial charge in [0.15, 0.2) is 0 Å². The van der Waals surface area contributed by atoms with Crippen LogP contribution in [0.3, 0.4) is 0 Å². The Kier molecular flexibility index (Phi) is 6.02. The van der Waals surface area contributed by atoms with Crippen molar-refractivity contribution in [2.24, 2.45) is 0 Å². The molecule has 6 nitrogen and oxygen atoms in total. The van der Waals surface area contributed by atoms with Gasteiger partial charge in [-0.25, -0.2) is 9.67 Å². The van der Waals surface area contributed by atoms with E-state index >= 15 is 0 Å². The van der Waals surface area contributed by atoms with E-state index in [9.17, 15) is 18.0 Å². The van der Waals surface area contributed by atoms with E-state index in [0.29, 0.717) is 23.5 Å². The molecule has 34 heavy (non-hydrogen) atoms. The second kappa shape index (κ2) is 9.12.